The number of carbonyl (C=O) groups excluding carboxylic acids is 2. The molecular weight excluding hydrogens is 230 g/mol. The summed E-state index contributed by atoms with van der Waals surface area (Å²) in [7, 11) is 0. The van der Waals surface area contributed by atoms with E-state index in [1.807, 2.05) is 39.0 Å². The molecule has 0 radical (unpaired) electrons. The van der Waals surface area contributed by atoms with E-state index in [-0.39, 0.29) is 18.0 Å². The first-order chi connectivity index (χ1) is 8.37. The van der Waals surface area contributed by atoms with Crippen LogP contribution in [-0.2, 0) is 4.79 Å². The lowest BCUT2D eigenvalue weighted by molar-refractivity contribution is -0.121. The van der Waals surface area contributed by atoms with Crippen LogP contribution in [0.3, 0.4) is 0 Å². The minimum absolute atomic E-state index is 0.0457. The van der Waals surface area contributed by atoms with Crippen LogP contribution in [0.2, 0.25) is 0 Å². The van der Waals surface area contributed by atoms with Crippen LogP contribution in [0.4, 0.5) is 10.5 Å². The highest BCUT2D eigenvalue weighted by Gasteiger charge is 2.13. The highest BCUT2D eigenvalue weighted by molar-refractivity contribution is 5.92. The smallest absolute Gasteiger partial charge is 0.319 e. The summed E-state index contributed by atoms with van der Waals surface area (Å²) in [4.78, 5) is 22.9. The van der Waals surface area contributed by atoms with Crippen LogP contribution in [0.1, 0.15) is 20.8 Å². The third-order valence-corrected chi connectivity index (χ3v) is 1.96. The maximum absolute atomic E-state index is 11.5. The Morgan fingerprint density at radius 3 is 2.28 bits per heavy atom. The Morgan fingerprint density at radius 2 is 1.72 bits per heavy atom. The molecule has 0 aliphatic heterocycles. The quantitative estimate of drug-likeness (QED) is 0.763. The van der Waals surface area contributed by atoms with Gasteiger partial charge in [-0.05, 0) is 32.9 Å². The first kappa shape index (κ1) is 14.0. The van der Waals surface area contributed by atoms with Crippen molar-refractivity contribution in [1.29, 1.82) is 0 Å². The molecule has 1 rings (SSSR count). The highest BCUT2D eigenvalue weighted by Crippen LogP contribution is 2.04. The SMILES string of the molecule is CC(C)(C)NC(=O)CNC(=O)Nc1ccccc1. The Balaban J connectivity index is 2.32. The molecule has 0 heterocycles. The van der Waals surface area contributed by atoms with Crippen LogP contribution in [0.5, 0.6) is 0 Å². The van der Waals surface area contributed by atoms with Crippen LogP contribution in [0.15, 0.2) is 30.3 Å². The number of nitrogens with one attached hydrogen (secondary N) is 3. The predicted octanol–water partition coefficient (Wildman–Crippen LogP) is 1.72. The Bertz CT molecular complexity index is 410. The van der Waals surface area contributed by atoms with Crippen molar-refractivity contribution >= 4 is 17.6 Å². The van der Waals surface area contributed by atoms with E-state index < -0.39 is 6.03 Å². The minimum atomic E-state index is -0.398. The third kappa shape index (κ3) is 5.89. The zero-order valence-electron chi connectivity index (χ0n) is 10.9. The van der Waals surface area contributed by atoms with Crippen LogP contribution >= 0.6 is 0 Å². The Kier molecular flexibility index (Phi) is 4.71. The molecule has 1 aromatic rings. The lowest BCUT2D eigenvalue weighted by atomic mass is 10.1. The number of para-hydroxylation sites is 1. The van der Waals surface area contributed by atoms with Gasteiger partial charge in [0.1, 0.15) is 0 Å². The molecule has 18 heavy (non-hydrogen) atoms. The maximum atomic E-state index is 11.5. The molecule has 5 nitrogen and oxygen atoms in total. The van der Waals surface area contributed by atoms with Gasteiger partial charge in [0.25, 0.3) is 0 Å². The molecule has 0 aliphatic carbocycles. The molecule has 0 aromatic heterocycles. The summed E-state index contributed by atoms with van der Waals surface area (Å²) in [6.45, 7) is 5.61. The normalized spacial score (nSPS) is 10.6. The molecule has 0 fully saturated rings. The van der Waals surface area contributed by atoms with Crippen LogP contribution < -0.4 is 16.0 Å². The maximum Gasteiger partial charge on any atom is 0.319 e. The average Bonchev–Trinajstić information content (AvgIpc) is 2.25. The van der Waals surface area contributed by atoms with Crippen molar-refractivity contribution in [2.75, 3.05) is 11.9 Å². The molecule has 1 aromatic carbocycles. The first-order valence-corrected chi connectivity index (χ1v) is 5.78. The monoisotopic (exact) mass is 249 g/mol. The summed E-state index contributed by atoms with van der Waals surface area (Å²) < 4.78 is 0. The standard InChI is InChI=1S/C13H19N3O2/c1-13(2,3)16-11(17)9-14-12(18)15-10-7-5-4-6-8-10/h4-8H,9H2,1-3H3,(H,16,17)(H2,14,15,18). The van der Waals surface area contributed by atoms with Crippen LogP contribution in [0, 0.1) is 0 Å². The van der Waals surface area contributed by atoms with Crippen LogP contribution in [-0.4, -0.2) is 24.0 Å². The fourth-order valence-electron chi connectivity index (χ4n) is 1.32. The molecule has 0 spiro atoms. The van der Waals surface area contributed by atoms with E-state index in [4.69, 9.17) is 0 Å². The number of hydrogen-bond donors (Lipinski definition) is 3. The van der Waals surface area contributed by atoms with Crippen molar-refractivity contribution in [1.82, 2.24) is 10.6 Å². The Labute approximate surface area is 107 Å². The van der Waals surface area contributed by atoms with Gasteiger partial charge < -0.3 is 16.0 Å². The van der Waals surface area contributed by atoms with Gasteiger partial charge in [0.05, 0.1) is 6.54 Å². The van der Waals surface area contributed by atoms with E-state index in [0.29, 0.717) is 5.69 Å². The van der Waals surface area contributed by atoms with E-state index in [9.17, 15) is 9.59 Å². The van der Waals surface area contributed by atoms with Gasteiger partial charge in [-0.1, -0.05) is 18.2 Å². The van der Waals surface area contributed by atoms with Gasteiger partial charge in [-0.15, -0.1) is 0 Å². The van der Waals surface area contributed by atoms with E-state index in [2.05, 4.69) is 16.0 Å². The van der Waals surface area contributed by atoms with Gasteiger partial charge in [0.2, 0.25) is 5.91 Å². The molecule has 0 aliphatic rings. The Morgan fingerprint density at radius 1 is 1.11 bits per heavy atom. The highest BCUT2D eigenvalue weighted by atomic mass is 16.2. The number of hydrogen-bond acceptors (Lipinski definition) is 2. The van der Waals surface area contributed by atoms with Gasteiger partial charge in [0.15, 0.2) is 0 Å². The number of rotatable bonds is 3. The van der Waals surface area contributed by atoms with Crippen molar-refractivity contribution in [3.8, 4) is 0 Å². The van der Waals surface area contributed by atoms with Gasteiger partial charge in [-0.25, -0.2) is 4.79 Å². The van der Waals surface area contributed by atoms with Gasteiger partial charge >= 0.3 is 6.03 Å². The summed E-state index contributed by atoms with van der Waals surface area (Å²) >= 11 is 0. The second kappa shape index (κ2) is 6.05. The van der Waals surface area contributed by atoms with Gasteiger partial charge in [-0.3, -0.25) is 4.79 Å². The molecule has 3 amide bonds. The van der Waals surface area contributed by atoms with Crippen LogP contribution in [0.25, 0.3) is 0 Å². The number of amides is 3. The number of urea groups is 1. The number of carbonyl (C=O) groups is 2. The van der Waals surface area contributed by atoms with Crippen molar-refractivity contribution in [3.63, 3.8) is 0 Å². The van der Waals surface area contributed by atoms with E-state index in [0.717, 1.165) is 0 Å². The topological polar surface area (TPSA) is 70.2 Å². The number of anilines is 1. The predicted molar refractivity (Wildman–Crippen MR) is 71.4 cm³/mol. The zero-order chi connectivity index (χ0) is 13.6. The molecule has 5 heteroatoms. The first-order valence-electron chi connectivity index (χ1n) is 5.78. The fourth-order valence-corrected chi connectivity index (χ4v) is 1.32. The largest absolute Gasteiger partial charge is 0.350 e. The molecule has 0 saturated heterocycles. The van der Waals surface area contributed by atoms with E-state index >= 15 is 0 Å². The summed E-state index contributed by atoms with van der Waals surface area (Å²) in [5.41, 5.74) is 0.389. The van der Waals surface area contributed by atoms with Crippen molar-refractivity contribution in [2.24, 2.45) is 0 Å². The molecular formula is C13H19N3O2. The summed E-state index contributed by atoms with van der Waals surface area (Å²) in [5.74, 6) is -0.217. The molecule has 98 valence electrons. The zero-order valence-corrected chi connectivity index (χ0v) is 10.9. The second-order valence-electron chi connectivity index (χ2n) is 4.97. The molecule has 0 atom stereocenters. The second-order valence-corrected chi connectivity index (χ2v) is 4.97. The number of benzene rings is 1. The molecule has 3 N–H and O–H groups in total. The molecule has 0 unspecified atom stereocenters. The van der Waals surface area contributed by atoms with E-state index in [1.165, 1.54) is 0 Å². The van der Waals surface area contributed by atoms with Crippen molar-refractivity contribution in [2.45, 2.75) is 26.3 Å². The minimum Gasteiger partial charge on any atom is -0.350 e. The fraction of sp³-hybridized carbons (Fsp3) is 0.385. The Hall–Kier alpha value is -2.04. The van der Waals surface area contributed by atoms with Crippen molar-refractivity contribution < 1.29 is 9.59 Å². The molecule has 0 saturated carbocycles. The summed E-state index contributed by atoms with van der Waals surface area (Å²) in [5, 5.41) is 7.88. The van der Waals surface area contributed by atoms with E-state index in [1.54, 1.807) is 12.1 Å². The molecule has 0 bridgehead atoms. The van der Waals surface area contributed by atoms with Gasteiger partial charge in [0, 0.05) is 11.2 Å². The summed E-state index contributed by atoms with van der Waals surface area (Å²) in [6.07, 6.45) is 0. The third-order valence-electron chi connectivity index (χ3n) is 1.96. The summed E-state index contributed by atoms with van der Waals surface area (Å²) in [6, 6.07) is 8.65. The lowest BCUT2D eigenvalue weighted by Crippen LogP contribution is -2.46. The lowest BCUT2D eigenvalue weighted by Gasteiger charge is -2.20. The average molecular weight is 249 g/mol. The van der Waals surface area contributed by atoms with Gasteiger partial charge in [-0.2, -0.15) is 0 Å². The van der Waals surface area contributed by atoms with Crippen molar-refractivity contribution in [3.05, 3.63) is 30.3 Å².